The van der Waals surface area contributed by atoms with E-state index >= 15 is 0 Å². The van der Waals surface area contributed by atoms with Gasteiger partial charge in [0, 0.05) is 0 Å². The second-order valence-corrected chi connectivity index (χ2v) is 8.07. The Balaban J connectivity index is 1.46. The van der Waals surface area contributed by atoms with Gasteiger partial charge in [0.15, 0.2) is 0 Å². The molecule has 4 unspecified atom stereocenters. The van der Waals surface area contributed by atoms with Crippen molar-refractivity contribution in [2.45, 2.75) is 77.0 Å². The minimum absolute atomic E-state index is 1.15. The Morgan fingerprint density at radius 1 is 0.333 bits per heavy atom. The predicted molar refractivity (Wildman–Crippen MR) is 76.3 cm³/mol. The second-order valence-electron chi connectivity index (χ2n) is 8.07. The smallest absolute Gasteiger partial charge is 0.0380 e. The summed E-state index contributed by atoms with van der Waals surface area (Å²) < 4.78 is 0. The van der Waals surface area contributed by atoms with Crippen LogP contribution in [0.2, 0.25) is 0 Å². The summed E-state index contributed by atoms with van der Waals surface area (Å²) in [5.74, 6) is 6.92. The van der Waals surface area contributed by atoms with Crippen LogP contribution in [-0.2, 0) is 0 Å². The second kappa shape index (κ2) is 4.84. The molecule has 0 radical (unpaired) electrons. The van der Waals surface area contributed by atoms with E-state index in [1.165, 1.54) is 0 Å². The van der Waals surface area contributed by atoms with E-state index in [2.05, 4.69) is 0 Å². The summed E-state index contributed by atoms with van der Waals surface area (Å²) in [6.07, 6.45) is 19.1. The molecule has 0 heterocycles. The van der Waals surface area contributed by atoms with Gasteiger partial charge < -0.3 is 0 Å². The average Bonchev–Trinajstić information content (AvgIpc) is 2.42. The van der Waals surface area contributed by atoms with Gasteiger partial charge in [0.05, 0.1) is 0 Å². The molecule has 18 heavy (non-hydrogen) atoms. The fourth-order valence-corrected chi connectivity index (χ4v) is 6.33. The van der Waals surface area contributed by atoms with Crippen LogP contribution in [0.25, 0.3) is 0 Å². The average molecular weight is 246 g/mol. The first-order valence-electron chi connectivity index (χ1n) is 8.90. The Bertz CT molecular complexity index is 236. The first-order chi connectivity index (χ1) is 8.90. The first-order valence-corrected chi connectivity index (χ1v) is 8.90. The molecule has 0 aliphatic heterocycles. The molecule has 4 aliphatic rings. The minimum Gasteiger partial charge on any atom is -0.0530 e. The highest BCUT2D eigenvalue weighted by Gasteiger charge is 2.44. The molecule has 6 atom stereocenters. The van der Waals surface area contributed by atoms with Crippen LogP contribution in [0.15, 0.2) is 0 Å². The third kappa shape index (κ3) is 2.04. The standard InChI is InChI=1S/C18H30/c1-2-6-14-10-18-12-16-8-4-3-7-15(16)11-17(18)9-13(14)5-1/h13-18H,1-12H2/t13-,14?,15+,16?,17?,18?. The van der Waals surface area contributed by atoms with Crippen LogP contribution in [0.5, 0.6) is 0 Å². The molecule has 0 aromatic carbocycles. The van der Waals surface area contributed by atoms with Crippen molar-refractivity contribution >= 4 is 0 Å². The van der Waals surface area contributed by atoms with Crippen LogP contribution < -0.4 is 0 Å². The fraction of sp³-hybridized carbons (Fsp3) is 1.00. The van der Waals surface area contributed by atoms with E-state index < -0.39 is 0 Å². The van der Waals surface area contributed by atoms with Crippen molar-refractivity contribution in [2.75, 3.05) is 0 Å². The molecule has 0 amide bonds. The fourth-order valence-electron chi connectivity index (χ4n) is 6.33. The zero-order valence-corrected chi connectivity index (χ0v) is 11.9. The van der Waals surface area contributed by atoms with E-state index in [-0.39, 0.29) is 0 Å². The van der Waals surface area contributed by atoms with E-state index in [4.69, 9.17) is 0 Å². The van der Waals surface area contributed by atoms with Crippen molar-refractivity contribution in [1.82, 2.24) is 0 Å². The Hall–Kier alpha value is 0. The highest BCUT2D eigenvalue weighted by atomic mass is 14.5. The number of fused-ring (bicyclic) bond motifs is 3. The van der Waals surface area contributed by atoms with Gasteiger partial charge in [-0.3, -0.25) is 0 Å². The Morgan fingerprint density at radius 3 is 0.889 bits per heavy atom. The highest BCUT2D eigenvalue weighted by molar-refractivity contribution is 4.94. The number of rotatable bonds is 0. The minimum atomic E-state index is 1.15. The largest absolute Gasteiger partial charge is 0.0530 e. The molecule has 0 aromatic heterocycles. The molecular weight excluding hydrogens is 216 g/mol. The lowest BCUT2D eigenvalue weighted by Gasteiger charge is -2.51. The molecule has 4 aliphatic carbocycles. The molecule has 0 spiro atoms. The summed E-state index contributed by atoms with van der Waals surface area (Å²) >= 11 is 0. The van der Waals surface area contributed by atoms with E-state index in [1.54, 1.807) is 77.0 Å². The van der Waals surface area contributed by atoms with Crippen molar-refractivity contribution in [3.05, 3.63) is 0 Å². The Morgan fingerprint density at radius 2 is 0.611 bits per heavy atom. The van der Waals surface area contributed by atoms with Crippen LogP contribution in [0, 0.1) is 35.5 Å². The van der Waals surface area contributed by atoms with Gasteiger partial charge in [0.1, 0.15) is 0 Å². The molecular formula is C18H30. The molecule has 0 nitrogen and oxygen atoms in total. The van der Waals surface area contributed by atoms with Crippen molar-refractivity contribution < 1.29 is 0 Å². The van der Waals surface area contributed by atoms with Gasteiger partial charge in [-0.25, -0.2) is 0 Å². The molecule has 0 saturated heterocycles. The van der Waals surface area contributed by atoms with Crippen LogP contribution in [0.4, 0.5) is 0 Å². The van der Waals surface area contributed by atoms with Gasteiger partial charge in [0.25, 0.3) is 0 Å². The van der Waals surface area contributed by atoms with Crippen LogP contribution in [-0.4, -0.2) is 0 Å². The van der Waals surface area contributed by atoms with Gasteiger partial charge in [-0.05, 0) is 61.2 Å². The van der Waals surface area contributed by atoms with Crippen molar-refractivity contribution in [1.29, 1.82) is 0 Å². The Kier molecular flexibility index (Phi) is 3.17. The van der Waals surface area contributed by atoms with Crippen LogP contribution >= 0.6 is 0 Å². The van der Waals surface area contributed by atoms with E-state index in [1.807, 2.05) is 0 Å². The molecule has 0 N–H and O–H groups in total. The van der Waals surface area contributed by atoms with E-state index in [0.29, 0.717) is 0 Å². The van der Waals surface area contributed by atoms with Gasteiger partial charge >= 0.3 is 0 Å². The SMILES string of the molecule is C1CC[C@@H]2CC3C[C@@H]4CCCCC4CC3CC2C1. The lowest BCUT2D eigenvalue weighted by Crippen LogP contribution is -2.41. The van der Waals surface area contributed by atoms with Crippen molar-refractivity contribution in [2.24, 2.45) is 35.5 Å². The maximum atomic E-state index is 1.64. The lowest BCUT2D eigenvalue weighted by atomic mass is 9.55. The highest BCUT2D eigenvalue weighted by Crippen LogP contribution is 2.54. The van der Waals surface area contributed by atoms with Crippen LogP contribution in [0.3, 0.4) is 0 Å². The van der Waals surface area contributed by atoms with Crippen molar-refractivity contribution in [3.8, 4) is 0 Å². The van der Waals surface area contributed by atoms with Gasteiger partial charge in [-0.2, -0.15) is 0 Å². The predicted octanol–water partition coefficient (Wildman–Crippen LogP) is 5.42. The molecule has 0 aromatic rings. The third-order valence-corrected chi connectivity index (χ3v) is 7.22. The lowest BCUT2D eigenvalue weighted by molar-refractivity contribution is -0.00325. The topological polar surface area (TPSA) is 0 Å². The quantitative estimate of drug-likeness (QED) is 0.535. The zero-order chi connectivity index (χ0) is 11.9. The van der Waals surface area contributed by atoms with Gasteiger partial charge in [0.2, 0.25) is 0 Å². The van der Waals surface area contributed by atoms with Crippen molar-refractivity contribution in [3.63, 3.8) is 0 Å². The first kappa shape index (κ1) is 11.8. The third-order valence-electron chi connectivity index (χ3n) is 7.22. The summed E-state index contributed by atoms with van der Waals surface area (Å²) in [7, 11) is 0. The maximum absolute atomic E-state index is 1.64. The monoisotopic (exact) mass is 246 g/mol. The zero-order valence-electron chi connectivity index (χ0n) is 11.9. The normalized spacial score (nSPS) is 52.0. The maximum Gasteiger partial charge on any atom is -0.0380 e. The summed E-state index contributed by atoms with van der Waals surface area (Å²) in [6, 6.07) is 0. The molecule has 0 bridgehead atoms. The number of hydrogen-bond acceptors (Lipinski definition) is 0. The Labute approximate surface area is 113 Å². The van der Waals surface area contributed by atoms with Gasteiger partial charge in [-0.1, -0.05) is 51.4 Å². The summed E-state index contributed by atoms with van der Waals surface area (Å²) in [6.45, 7) is 0. The summed E-state index contributed by atoms with van der Waals surface area (Å²) in [5, 5.41) is 0. The summed E-state index contributed by atoms with van der Waals surface area (Å²) in [5.41, 5.74) is 0. The molecule has 4 saturated carbocycles. The molecule has 0 heteroatoms. The van der Waals surface area contributed by atoms with Crippen LogP contribution in [0.1, 0.15) is 77.0 Å². The summed E-state index contributed by atoms with van der Waals surface area (Å²) in [4.78, 5) is 0. The van der Waals surface area contributed by atoms with Gasteiger partial charge in [-0.15, -0.1) is 0 Å². The molecule has 4 fully saturated rings. The number of hydrogen-bond donors (Lipinski definition) is 0. The van der Waals surface area contributed by atoms with E-state index in [0.717, 1.165) is 35.5 Å². The molecule has 102 valence electrons. The molecule has 4 rings (SSSR count). The van der Waals surface area contributed by atoms with E-state index in [9.17, 15) is 0 Å².